The third-order valence-corrected chi connectivity index (χ3v) is 7.97. The van der Waals surface area contributed by atoms with Gasteiger partial charge in [0.05, 0.1) is 21.4 Å². The minimum Gasteiger partial charge on any atom is -0.355 e. The molecule has 4 nitrogen and oxygen atoms in total. The van der Waals surface area contributed by atoms with Crippen molar-refractivity contribution >= 4 is 54.5 Å². The molecule has 1 aliphatic rings. The van der Waals surface area contributed by atoms with E-state index in [-0.39, 0.29) is 0 Å². The van der Waals surface area contributed by atoms with E-state index in [1.807, 2.05) is 23.0 Å². The Hall–Kier alpha value is -2.02. The van der Waals surface area contributed by atoms with Gasteiger partial charge in [0.2, 0.25) is 0 Å². The summed E-state index contributed by atoms with van der Waals surface area (Å²) in [7, 11) is 2.26. The summed E-state index contributed by atoms with van der Waals surface area (Å²) in [5.41, 5.74) is 5.13. The molecular formula is C22H24N4S2. The van der Waals surface area contributed by atoms with Gasteiger partial charge in [0.25, 0.3) is 0 Å². The fourth-order valence-electron chi connectivity index (χ4n) is 4.20. The standard InChI is InChI=1S/C22H24N4S2/c1-14-16(5-3-4-10-26(14)2)21-12-17-18(8-9-23-22(17)28-21)25-15-6-7-20-19(11-15)24-13-27-20/h6-9,11-14,16H,3-5,10H2,1-2H3,(H,23,25)/t14-,16-/m1/s1. The summed E-state index contributed by atoms with van der Waals surface area (Å²) >= 11 is 3.53. The highest BCUT2D eigenvalue weighted by molar-refractivity contribution is 7.18. The zero-order valence-electron chi connectivity index (χ0n) is 16.2. The number of likely N-dealkylation sites (tertiary alicyclic amines) is 1. The Morgan fingerprint density at radius 1 is 1.14 bits per heavy atom. The van der Waals surface area contributed by atoms with Gasteiger partial charge in [-0.3, -0.25) is 0 Å². The second kappa shape index (κ2) is 7.43. The summed E-state index contributed by atoms with van der Waals surface area (Å²) in [5.74, 6) is 0.589. The van der Waals surface area contributed by atoms with Crippen LogP contribution in [0.2, 0.25) is 0 Å². The molecule has 0 bridgehead atoms. The molecule has 0 radical (unpaired) electrons. The topological polar surface area (TPSA) is 41.1 Å². The predicted octanol–water partition coefficient (Wildman–Crippen LogP) is 6.24. The lowest BCUT2D eigenvalue weighted by Crippen LogP contribution is -2.32. The molecule has 0 unspecified atom stereocenters. The highest BCUT2D eigenvalue weighted by atomic mass is 32.1. The summed E-state index contributed by atoms with van der Waals surface area (Å²) in [6.07, 6.45) is 5.78. The van der Waals surface area contributed by atoms with Gasteiger partial charge in [-0.2, -0.15) is 0 Å². The molecule has 4 heterocycles. The van der Waals surface area contributed by atoms with Gasteiger partial charge in [0, 0.05) is 34.1 Å². The number of pyridine rings is 1. The van der Waals surface area contributed by atoms with Crippen LogP contribution in [-0.4, -0.2) is 34.5 Å². The van der Waals surface area contributed by atoms with Crippen LogP contribution in [0.15, 0.2) is 42.0 Å². The number of anilines is 2. The molecule has 1 aliphatic heterocycles. The second-order valence-electron chi connectivity index (χ2n) is 7.71. The third-order valence-electron chi connectivity index (χ3n) is 5.98. The zero-order chi connectivity index (χ0) is 19.1. The van der Waals surface area contributed by atoms with E-state index >= 15 is 0 Å². The van der Waals surface area contributed by atoms with Crippen molar-refractivity contribution < 1.29 is 0 Å². The number of likely N-dealkylation sites (N-methyl/N-ethyl adjacent to an activating group) is 1. The first-order chi connectivity index (χ1) is 13.7. The van der Waals surface area contributed by atoms with Crippen LogP contribution in [-0.2, 0) is 0 Å². The SMILES string of the molecule is C[C@@H]1[C@H](c2cc3c(Nc4ccc5scnc5c4)ccnc3s2)CCCCN1C. The Kier molecular flexibility index (Phi) is 4.78. The van der Waals surface area contributed by atoms with Crippen LogP contribution in [0.4, 0.5) is 11.4 Å². The van der Waals surface area contributed by atoms with Gasteiger partial charge >= 0.3 is 0 Å². The van der Waals surface area contributed by atoms with E-state index in [2.05, 4.69) is 64.5 Å². The number of aromatic nitrogens is 2. The van der Waals surface area contributed by atoms with Crippen molar-refractivity contribution in [2.24, 2.45) is 0 Å². The van der Waals surface area contributed by atoms with Gasteiger partial charge in [-0.05, 0) is 63.7 Å². The Morgan fingerprint density at radius 3 is 3.00 bits per heavy atom. The number of fused-ring (bicyclic) bond motifs is 2. The Morgan fingerprint density at radius 2 is 2.07 bits per heavy atom. The van der Waals surface area contributed by atoms with Crippen LogP contribution in [0.3, 0.4) is 0 Å². The number of thiophene rings is 1. The fraction of sp³-hybridized carbons (Fsp3) is 0.364. The summed E-state index contributed by atoms with van der Waals surface area (Å²) in [5, 5.41) is 4.82. The normalized spacial score (nSPS) is 21.2. The lowest BCUT2D eigenvalue weighted by molar-refractivity contribution is 0.244. The number of hydrogen-bond donors (Lipinski definition) is 1. The average molecular weight is 409 g/mol. The Balaban J connectivity index is 1.50. The van der Waals surface area contributed by atoms with Crippen LogP contribution < -0.4 is 5.32 Å². The largest absolute Gasteiger partial charge is 0.355 e. The minimum absolute atomic E-state index is 0.569. The molecule has 28 heavy (non-hydrogen) atoms. The Bertz CT molecular complexity index is 1120. The van der Waals surface area contributed by atoms with Crippen LogP contribution in [0, 0.1) is 0 Å². The van der Waals surface area contributed by atoms with Crippen molar-refractivity contribution in [2.75, 3.05) is 18.9 Å². The molecule has 0 saturated carbocycles. The van der Waals surface area contributed by atoms with Crippen molar-refractivity contribution in [1.29, 1.82) is 0 Å². The van der Waals surface area contributed by atoms with Gasteiger partial charge in [-0.25, -0.2) is 9.97 Å². The molecule has 6 heteroatoms. The van der Waals surface area contributed by atoms with Gasteiger partial charge in [-0.15, -0.1) is 22.7 Å². The monoisotopic (exact) mass is 408 g/mol. The maximum atomic E-state index is 4.66. The molecule has 3 aromatic heterocycles. The number of rotatable bonds is 3. The molecule has 0 aliphatic carbocycles. The summed E-state index contributed by atoms with van der Waals surface area (Å²) in [6, 6.07) is 11.4. The summed E-state index contributed by atoms with van der Waals surface area (Å²) in [4.78, 5) is 14.2. The van der Waals surface area contributed by atoms with E-state index in [0.29, 0.717) is 12.0 Å². The van der Waals surface area contributed by atoms with Crippen LogP contribution >= 0.6 is 22.7 Å². The molecule has 5 rings (SSSR count). The molecule has 144 valence electrons. The third kappa shape index (κ3) is 3.30. The first-order valence-corrected chi connectivity index (χ1v) is 11.6. The maximum absolute atomic E-state index is 4.66. The lowest BCUT2D eigenvalue weighted by Gasteiger charge is -2.28. The molecule has 4 aromatic rings. The maximum Gasteiger partial charge on any atom is 0.125 e. The van der Waals surface area contributed by atoms with Crippen molar-refractivity contribution in [3.63, 3.8) is 0 Å². The van der Waals surface area contributed by atoms with Gasteiger partial charge < -0.3 is 10.2 Å². The number of nitrogens with one attached hydrogen (secondary N) is 1. The zero-order valence-corrected chi connectivity index (χ0v) is 17.8. The van der Waals surface area contributed by atoms with Crippen LogP contribution in [0.1, 0.15) is 37.0 Å². The van der Waals surface area contributed by atoms with E-state index in [9.17, 15) is 0 Å². The van der Waals surface area contributed by atoms with Gasteiger partial charge in [0.15, 0.2) is 0 Å². The fourth-order valence-corrected chi connectivity index (χ4v) is 6.12. The molecule has 2 atom stereocenters. The highest BCUT2D eigenvalue weighted by Crippen LogP contribution is 2.40. The Labute approximate surface area is 173 Å². The average Bonchev–Trinajstić information content (AvgIpc) is 3.30. The smallest absolute Gasteiger partial charge is 0.125 e. The van der Waals surface area contributed by atoms with Crippen LogP contribution in [0.5, 0.6) is 0 Å². The second-order valence-corrected chi connectivity index (χ2v) is 9.66. The number of hydrogen-bond acceptors (Lipinski definition) is 6. The predicted molar refractivity (Wildman–Crippen MR) is 121 cm³/mol. The van der Waals surface area contributed by atoms with Gasteiger partial charge in [-0.1, -0.05) is 6.42 Å². The van der Waals surface area contributed by atoms with Crippen LogP contribution in [0.25, 0.3) is 20.4 Å². The molecular weight excluding hydrogens is 384 g/mol. The molecule has 1 fully saturated rings. The van der Waals surface area contributed by atoms with Crippen molar-refractivity contribution in [2.45, 2.75) is 38.1 Å². The molecule has 1 saturated heterocycles. The highest BCUT2D eigenvalue weighted by Gasteiger charge is 2.27. The molecule has 1 aromatic carbocycles. The van der Waals surface area contributed by atoms with E-state index in [0.717, 1.165) is 21.7 Å². The quantitative estimate of drug-likeness (QED) is 0.436. The molecule has 0 amide bonds. The van der Waals surface area contributed by atoms with E-state index in [4.69, 9.17) is 0 Å². The van der Waals surface area contributed by atoms with Crippen molar-refractivity contribution in [3.05, 3.63) is 46.9 Å². The van der Waals surface area contributed by atoms with E-state index < -0.39 is 0 Å². The van der Waals surface area contributed by atoms with Crippen molar-refractivity contribution in [1.82, 2.24) is 14.9 Å². The minimum atomic E-state index is 0.569. The summed E-state index contributed by atoms with van der Waals surface area (Å²) < 4.78 is 1.22. The number of thiazole rings is 1. The lowest BCUT2D eigenvalue weighted by atomic mass is 9.94. The number of benzene rings is 1. The first-order valence-electron chi connectivity index (χ1n) is 9.88. The van der Waals surface area contributed by atoms with Crippen molar-refractivity contribution in [3.8, 4) is 0 Å². The number of nitrogens with zero attached hydrogens (tertiary/aromatic N) is 3. The van der Waals surface area contributed by atoms with E-state index in [1.165, 1.54) is 40.8 Å². The molecule has 1 N–H and O–H groups in total. The van der Waals surface area contributed by atoms with Gasteiger partial charge in [0.1, 0.15) is 4.83 Å². The summed E-state index contributed by atoms with van der Waals surface area (Å²) in [6.45, 7) is 3.57. The molecule has 0 spiro atoms. The van der Waals surface area contributed by atoms with E-state index in [1.54, 1.807) is 11.3 Å². The first kappa shape index (κ1) is 18.0.